The van der Waals surface area contributed by atoms with E-state index in [-0.39, 0.29) is 17.3 Å². The smallest absolute Gasteiger partial charge is 0.240 e. The van der Waals surface area contributed by atoms with Gasteiger partial charge in [0.1, 0.15) is 23.8 Å². The number of piperazine rings is 1. The van der Waals surface area contributed by atoms with Crippen molar-refractivity contribution in [1.82, 2.24) is 9.62 Å². The van der Waals surface area contributed by atoms with Gasteiger partial charge in [0.25, 0.3) is 0 Å². The van der Waals surface area contributed by atoms with Crippen molar-refractivity contribution >= 4 is 15.7 Å². The Morgan fingerprint density at radius 3 is 2.09 bits per heavy atom. The van der Waals surface area contributed by atoms with Gasteiger partial charge in [0.15, 0.2) is 0 Å². The second-order valence-corrected chi connectivity index (χ2v) is 9.95. The normalized spacial score (nSPS) is 26.6. The zero-order valence-electron chi connectivity index (χ0n) is 17.8. The van der Waals surface area contributed by atoms with Crippen molar-refractivity contribution in [2.45, 2.75) is 29.2 Å². The molecule has 4 atom stereocenters. The number of rotatable bonds is 7. The Morgan fingerprint density at radius 1 is 0.939 bits per heavy atom. The van der Waals surface area contributed by atoms with Crippen LogP contribution < -0.4 is 9.62 Å². The molecule has 0 spiro atoms. The van der Waals surface area contributed by atoms with Gasteiger partial charge in [-0.25, -0.2) is 21.9 Å². The summed E-state index contributed by atoms with van der Waals surface area (Å²) in [6, 6.07) is 10.2. The van der Waals surface area contributed by atoms with Crippen LogP contribution in [0.4, 0.5) is 14.5 Å². The van der Waals surface area contributed by atoms with Crippen LogP contribution in [-0.4, -0.2) is 87.2 Å². The first-order chi connectivity index (χ1) is 15.8. The summed E-state index contributed by atoms with van der Waals surface area (Å²) in [5, 5.41) is 20.4. The first-order valence-electron chi connectivity index (χ1n) is 10.7. The maximum atomic E-state index is 13.2. The van der Waals surface area contributed by atoms with Gasteiger partial charge in [-0.05, 0) is 48.5 Å². The minimum atomic E-state index is -3.91. The second-order valence-electron chi connectivity index (χ2n) is 8.18. The zero-order chi connectivity index (χ0) is 23.6. The Hall–Kier alpha value is -2.15. The van der Waals surface area contributed by atoms with Crippen LogP contribution in [0.25, 0.3) is 0 Å². The molecule has 8 nitrogen and oxygen atoms in total. The van der Waals surface area contributed by atoms with E-state index in [1.54, 1.807) is 12.1 Å². The summed E-state index contributed by atoms with van der Waals surface area (Å²) in [5.74, 6) is -0.841. The molecular weight excluding hydrogens is 456 g/mol. The van der Waals surface area contributed by atoms with E-state index in [0.29, 0.717) is 26.2 Å². The van der Waals surface area contributed by atoms with Crippen molar-refractivity contribution in [3.63, 3.8) is 0 Å². The van der Waals surface area contributed by atoms with Gasteiger partial charge >= 0.3 is 0 Å². The number of ether oxygens (including phenoxy) is 1. The quantitative estimate of drug-likeness (QED) is 0.529. The Kier molecular flexibility index (Phi) is 7.27. The van der Waals surface area contributed by atoms with Gasteiger partial charge in [-0.1, -0.05) is 0 Å². The molecule has 0 saturated carbocycles. The average Bonchev–Trinajstić information content (AvgIpc) is 3.14. The largest absolute Gasteiger partial charge is 0.394 e. The number of anilines is 1. The summed E-state index contributed by atoms with van der Waals surface area (Å²) in [5.41, 5.74) is 0.899. The number of hydrogen-bond donors (Lipinski definition) is 3. The van der Waals surface area contributed by atoms with Gasteiger partial charge in [-0.15, -0.1) is 0 Å². The van der Waals surface area contributed by atoms with E-state index in [9.17, 15) is 27.4 Å². The Bertz CT molecular complexity index is 1030. The maximum Gasteiger partial charge on any atom is 0.240 e. The molecule has 0 radical (unpaired) electrons. The monoisotopic (exact) mass is 483 g/mol. The number of nitrogens with zero attached hydrogens (tertiary/aromatic N) is 2. The molecule has 0 bridgehead atoms. The fourth-order valence-corrected chi connectivity index (χ4v) is 5.46. The molecule has 33 heavy (non-hydrogen) atoms. The van der Waals surface area contributed by atoms with E-state index in [0.717, 1.165) is 17.8 Å². The number of hydrogen-bond acceptors (Lipinski definition) is 7. The van der Waals surface area contributed by atoms with Crippen LogP contribution in [0, 0.1) is 11.6 Å². The average molecular weight is 484 g/mol. The van der Waals surface area contributed by atoms with Crippen LogP contribution in [0.1, 0.15) is 0 Å². The fraction of sp³-hybridized carbons (Fsp3) is 0.455. The van der Waals surface area contributed by atoms with Crippen molar-refractivity contribution in [3.8, 4) is 0 Å². The molecule has 2 fully saturated rings. The standard InChI is InChI=1S/C22H27F2N3O5S/c23-15-1-5-17(6-2-15)26-9-11-27(12-10-26)21-19(32-20(14-28)22(21)29)13-25-33(30,31)18-7-3-16(24)4-8-18/h1-8,19-22,25,28-29H,9-14H2. The molecule has 2 saturated heterocycles. The van der Waals surface area contributed by atoms with Gasteiger partial charge in [0, 0.05) is 38.4 Å². The predicted molar refractivity (Wildman–Crippen MR) is 117 cm³/mol. The molecule has 4 unspecified atom stereocenters. The molecule has 3 N–H and O–H groups in total. The zero-order valence-corrected chi connectivity index (χ0v) is 18.7. The third-order valence-corrected chi connectivity index (χ3v) is 7.61. The molecule has 11 heteroatoms. The van der Waals surface area contributed by atoms with Crippen LogP contribution in [0.15, 0.2) is 53.4 Å². The molecule has 2 aromatic carbocycles. The minimum absolute atomic E-state index is 0.0781. The van der Waals surface area contributed by atoms with Crippen molar-refractivity contribution in [1.29, 1.82) is 0 Å². The van der Waals surface area contributed by atoms with E-state index < -0.39 is 46.8 Å². The molecule has 2 aromatic rings. The molecular formula is C22H27F2N3O5S. The summed E-state index contributed by atoms with van der Waals surface area (Å²) < 4.78 is 59.8. The highest BCUT2D eigenvalue weighted by atomic mass is 32.2. The third-order valence-electron chi connectivity index (χ3n) is 6.17. The number of sulfonamides is 1. The number of nitrogens with one attached hydrogen (secondary N) is 1. The molecule has 2 heterocycles. The second kappa shape index (κ2) is 10.00. The fourth-order valence-electron chi connectivity index (χ4n) is 4.42. The van der Waals surface area contributed by atoms with E-state index in [1.165, 1.54) is 24.3 Å². The first-order valence-corrected chi connectivity index (χ1v) is 12.2. The lowest BCUT2D eigenvalue weighted by Crippen LogP contribution is -2.57. The van der Waals surface area contributed by atoms with E-state index in [4.69, 9.17) is 4.74 Å². The molecule has 4 rings (SSSR count). The van der Waals surface area contributed by atoms with E-state index >= 15 is 0 Å². The highest BCUT2D eigenvalue weighted by Gasteiger charge is 2.47. The van der Waals surface area contributed by atoms with Crippen molar-refractivity contribution < 1.29 is 32.1 Å². The van der Waals surface area contributed by atoms with Crippen LogP contribution in [0.2, 0.25) is 0 Å². The highest BCUT2D eigenvalue weighted by Crippen LogP contribution is 2.28. The molecule has 2 aliphatic heterocycles. The van der Waals surface area contributed by atoms with Crippen molar-refractivity contribution in [3.05, 3.63) is 60.2 Å². The predicted octanol–water partition coefficient (Wildman–Crippen LogP) is 0.555. The Morgan fingerprint density at radius 2 is 1.52 bits per heavy atom. The number of aliphatic hydroxyl groups excluding tert-OH is 2. The van der Waals surface area contributed by atoms with Gasteiger partial charge in [-0.3, -0.25) is 4.90 Å². The lowest BCUT2D eigenvalue weighted by Gasteiger charge is -2.41. The summed E-state index contributed by atoms with van der Waals surface area (Å²) in [7, 11) is -3.91. The van der Waals surface area contributed by atoms with Gasteiger partial charge in [0.05, 0.1) is 23.6 Å². The Balaban J connectivity index is 1.42. The number of aliphatic hydroxyl groups is 2. The number of benzene rings is 2. The summed E-state index contributed by atoms with van der Waals surface area (Å²) in [6.07, 6.45) is -2.51. The third kappa shape index (κ3) is 5.34. The van der Waals surface area contributed by atoms with Crippen LogP contribution in [0.3, 0.4) is 0 Å². The first kappa shape index (κ1) is 24.0. The van der Waals surface area contributed by atoms with Gasteiger partial charge in [0.2, 0.25) is 10.0 Å². The summed E-state index contributed by atoms with van der Waals surface area (Å²) in [6.45, 7) is 1.90. The lowest BCUT2D eigenvalue weighted by atomic mass is 10.0. The summed E-state index contributed by atoms with van der Waals surface area (Å²) >= 11 is 0. The molecule has 180 valence electrons. The molecule has 0 aliphatic carbocycles. The SMILES string of the molecule is O=S(=O)(NCC1OC(CO)C(O)C1N1CCN(c2ccc(F)cc2)CC1)c1ccc(F)cc1. The van der Waals surface area contributed by atoms with Crippen LogP contribution >= 0.6 is 0 Å². The highest BCUT2D eigenvalue weighted by molar-refractivity contribution is 7.89. The van der Waals surface area contributed by atoms with Gasteiger partial charge in [-0.2, -0.15) is 0 Å². The molecule has 0 aromatic heterocycles. The van der Waals surface area contributed by atoms with Crippen LogP contribution in [-0.2, 0) is 14.8 Å². The lowest BCUT2D eigenvalue weighted by molar-refractivity contribution is -0.0201. The van der Waals surface area contributed by atoms with Crippen molar-refractivity contribution in [2.75, 3.05) is 44.2 Å². The number of halogens is 2. The summed E-state index contributed by atoms with van der Waals surface area (Å²) in [4.78, 5) is 4.05. The van der Waals surface area contributed by atoms with Crippen molar-refractivity contribution in [2.24, 2.45) is 0 Å². The molecule has 0 amide bonds. The minimum Gasteiger partial charge on any atom is -0.394 e. The van der Waals surface area contributed by atoms with E-state index in [1.807, 2.05) is 4.90 Å². The van der Waals surface area contributed by atoms with Crippen LogP contribution in [0.5, 0.6) is 0 Å². The Labute approximate surface area is 191 Å². The topological polar surface area (TPSA) is 102 Å². The van der Waals surface area contributed by atoms with E-state index in [2.05, 4.69) is 9.62 Å². The molecule has 2 aliphatic rings. The maximum absolute atomic E-state index is 13.2. The van der Waals surface area contributed by atoms with Gasteiger partial charge < -0.3 is 19.8 Å².